The maximum absolute atomic E-state index is 9.88. The fourth-order valence-corrected chi connectivity index (χ4v) is 0.394. The number of rotatable bonds is 3. The predicted molar refractivity (Wildman–Crippen MR) is 30.9 cm³/mol. The average Bonchev–Trinajstić information content (AvgIpc) is 1.85. The zero-order valence-electron chi connectivity index (χ0n) is 5.50. The molecular weight excluding hydrogens is 156 g/mol. The highest BCUT2D eigenvalue weighted by atomic mass is 16.8. The van der Waals surface area contributed by atoms with E-state index in [-0.39, 0.29) is 5.12 Å². The molecular formula is C3H4N4O4. The van der Waals surface area contributed by atoms with Crippen LogP contribution < -0.4 is 0 Å². The van der Waals surface area contributed by atoms with Gasteiger partial charge in [0.15, 0.2) is 5.12 Å². The molecule has 0 aliphatic carbocycles. The maximum Gasteiger partial charge on any atom is 0.243 e. The first kappa shape index (κ1) is 9.09. The number of nitrogens with zero attached hydrogens (tertiary/aromatic N) is 4. The van der Waals surface area contributed by atoms with Crippen LogP contribution in [0.4, 0.5) is 0 Å². The molecule has 1 unspecified atom stereocenters. The van der Waals surface area contributed by atoms with Crippen molar-refractivity contribution in [2.24, 2.45) is 0 Å². The van der Waals surface area contributed by atoms with Gasteiger partial charge in [-0.2, -0.15) is 5.26 Å². The molecule has 0 saturated carbocycles. The Morgan fingerprint density at radius 1 is 1.45 bits per heavy atom. The van der Waals surface area contributed by atoms with Gasteiger partial charge in [-0.3, -0.25) is 0 Å². The zero-order valence-corrected chi connectivity index (χ0v) is 5.50. The van der Waals surface area contributed by atoms with Gasteiger partial charge in [-0.05, 0) is 6.92 Å². The van der Waals surface area contributed by atoms with Gasteiger partial charge in [0.25, 0.3) is 0 Å². The van der Waals surface area contributed by atoms with Gasteiger partial charge in [0, 0.05) is 0 Å². The van der Waals surface area contributed by atoms with Crippen LogP contribution >= 0.6 is 0 Å². The van der Waals surface area contributed by atoms with E-state index in [1.165, 1.54) is 6.07 Å². The molecule has 0 N–H and O–H groups in total. The SMILES string of the molecule is CC(C#N)N([N+](=O)[O-])[N+](=O)[O-]. The summed E-state index contributed by atoms with van der Waals surface area (Å²) in [6, 6.07) is -0.00472. The highest BCUT2D eigenvalue weighted by Crippen LogP contribution is 1.96. The second-order valence-electron chi connectivity index (χ2n) is 1.60. The molecule has 8 heteroatoms. The van der Waals surface area contributed by atoms with E-state index in [2.05, 4.69) is 0 Å². The van der Waals surface area contributed by atoms with Gasteiger partial charge in [-0.15, -0.1) is 0 Å². The molecule has 0 aromatic carbocycles. The number of hydrogen-bond acceptors (Lipinski definition) is 5. The van der Waals surface area contributed by atoms with Crippen LogP contribution in [0, 0.1) is 31.6 Å². The van der Waals surface area contributed by atoms with Crippen molar-refractivity contribution in [2.45, 2.75) is 13.0 Å². The largest absolute Gasteiger partial charge is 0.243 e. The van der Waals surface area contributed by atoms with Crippen LogP contribution in [0.5, 0.6) is 0 Å². The highest BCUT2D eigenvalue weighted by molar-refractivity contribution is 4.81. The summed E-state index contributed by atoms with van der Waals surface area (Å²) in [4.78, 5) is 19.8. The molecule has 11 heavy (non-hydrogen) atoms. The first-order valence-corrected chi connectivity index (χ1v) is 2.48. The normalized spacial score (nSPS) is 11.3. The van der Waals surface area contributed by atoms with E-state index < -0.39 is 16.1 Å². The fourth-order valence-electron chi connectivity index (χ4n) is 0.394. The molecule has 1 atom stereocenters. The van der Waals surface area contributed by atoms with E-state index in [0.717, 1.165) is 6.92 Å². The molecule has 0 fully saturated rings. The maximum atomic E-state index is 9.88. The number of nitriles is 1. The Kier molecular flexibility index (Phi) is 2.73. The molecule has 0 aromatic rings. The van der Waals surface area contributed by atoms with Gasteiger partial charge < -0.3 is 0 Å². The van der Waals surface area contributed by atoms with Crippen LogP contribution in [0.2, 0.25) is 0 Å². The molecule has 0 rings (SSSR count). The Bertz CT molecular complexity index is 206. The first-order chi connectivity index (χ1) is 5.00. The third-order valence-corrected chi connectivity index (χ3v) is 0.868. The summed E-state index contributed by atoms with van der Waals surface area (Å²) in [6.07, 6.45) is 0. The van der Waals surface area contributed by atoms with Crippen LogP contribution in [0.1, 0.15) is 6.92 Å². The smallest absolute Gasteiger partial charge is 0.230 e. The minimum atomic E-state index is -1.38. The molecule has 0 aliphatic heterocycles. The fraction of sp³-hybridized carbons (Fsp3) is 0.667. The minimum absolute atomic E-state index is 0.361. The zero-order chi connectivity index (χ0) is 9.02. The summed E-state index contributed by atoms with van der Waals surface area (Å²) in [5.41, 5.74) is 0. The molecule has 0 radical (unpaired) electrons. The van der Waals surface area contributed by atoms with Crippen molar-refractivity contribution in [1.29, 1.82) is 5.26 Å². The Balaban J connectivity index is 4.50. The van der Waals surface area contributed by atoms with E-state index in [1.807, 2.05) is 0 Å². The van der Waals surface area contributed by atoms with Gasteiger partial charge in [0.1, 0.15) is 6.07 Å². The van der Waals surface area contributed by atoms with Crippen molar-refractivity contribution in [1.82, 2.24) is 5.12 Å². The molecule has 8 nitrogen and oxygen atoms in total. The van der Waals surface area contributed by atoms with E-state index in [1.54, 1.807) is 0 Å². The average molecular weight is 160 g/mol. The van der Waals surface area contributed by atoms with Crippen molar-refractivity contribution in [3.8, 4) is 6.07 Å². The summed E-state index contributed by atoms with van der Waals surface area (Å²) in [6.45, 7) is 1.06. The summed E-state index contributed by atoms with van der Waals surface area (Å²) < 4.78 is 0. The monoisotopic (exact) mass is 160 g/mol. The molecule has 0 bridgehead atoms. The van der Waals surface area contributed by atoms with E-state index in [4.69, 9.17) is 5.26 Å². The number of hydrazine groups is 2. The van der Waals surface area contributed by atoms with Crippen molar-refractivity contribution in [3.63, 3.8) is 0 Å². The quantitative estimate of drug-likeness (QED) is 0.409. The first-order valence-electron chi connectivity index (χ1n) is 2.48. The van der Waals surface area contributed by atoms with Gasteiger partial charge in [-0.1, -0.05) is 0 Å². The van der Waals surface area contributed by atoms with Crippen LogP contribution in [0.25, 0.3) is 0 Å². The van der Waals surface area contributed by atoms with Crippen molar-refractivity contribution in [3.05, 3.63) is 20.2 Å². The van der Waals surface area contributed by atoms with E-state index in [9.17, 15) is 20.2 Å². The Morgan fingerprint density at radius 3 is 1.91 bits per heavy atom. The number of nitro groups is 2. The van der Waals surface area contributed by atoms with Gasteiger partial charge in [-0.25, -0.2) is 20.2 Å². The molecule has 0 aliphatic rings. The third-order valence-electron chi connectivity index (χ3n) is 0.868. The van der Waals surface area contributed by atoms with Gasteiger partial charge in [0.2, 0.25) is 16.1 Å². The highest BCUT2D eigenvalue weighted by Gasteiger charge is 2.34. The standard InChI is InChI=1S/C3H4N4O4/c1-3(2-4)5(6(8)9)7(10)11/h3H,1H3. The summed E-state index contributed by atoms with van der Waals surface area (Å²) >= 11 is 0. The summed E-state index contributed by atoms with van der Waals surface area (Å²) in [5, 5.41) is 25.0. The van der Waals surface area contributed by atoms with E-state index in [0.29, 0.717) is 0 Å². The third kappa shape index (κ3) is 2.05. The molecule has 0 amide bonds. The van der Waals surface area contributed by atoms with Crippen LogP contribution in [-0.2, 0) is 0 Å². The summed E-state index contributed by atoms with van der Waals surface area (Å²) in [7, 11) is 0. The summed E-state index contributed by atoms with van der Waals surface area (Å²) in [5.74, 6) is 0. The Hall–Kier alpha value is -1.91. The molecule has 0 saturated heterocycles. The Labute approximate surface area is 60.9 Å². The second-order valence-corrected chi connectivity index (χ2v) is 1.60. The second kappa shape index (κ2) is 3.31. The lowest BCUT2D eigenvalue weighted by Crippen LogP contribution is -2.41. The Morgan fingerprint density at radius 2 is 1.82 bits per heavy atom. The molecule has 0 heterocycles. The van der Waals surface area contributed by atoms with Crippen LogP contribution in [0.3, 0.4) is 0 Å². The van der Waals surface area contributed by atoms with Crippen LogP contribution in [-0.4, -0.2) is 21.2 Å². The van der Waals surface area contributed by atoms with Crippen LogP contribution in [0.15, 0.2) is 0 Å². The van der Waals surface area contributed by atoms with E-state index >= 15 is 0 Å². The molecule has 0 aromatic heterocycles. The lowest BCUT2D eigenvalue weighted by Gasteiger charge is -2.03. The van der Waals surface area contributed by atoms with Crippen molar-refractivity contribution >= 4 is 0 Å². The van der Waals surface area contributed by atoms with Gasteiger partial charge >= 0.3 is 0 Å². The van der Waals surface area contributed by atoms with Crippen molar-refractivity contribution < 1.29 is 10.1 Å². The number of hydrogen-bond donors (Lipinski definition) is 0. The molecule has 0 spiro atoms. The van der Waals surface area contributed by atoms with Gasteiger partial charge in [0.05, 0.1) is 0 Å². The lowest BCUT2D eigenvalue weighted by molar-refractivity contribution is -0.911. The minimum Gasteiger partial charge on any atom is -0.230 e. The topological polar surface area (TPSA) is 113 Å². The lowest BCUT2D eigenvalue weighted by atomic mass is 10.4. The molecule has 60 valence electrons. The predicted octanol–water partition coefficient (Wildman–Crippen LogP) is -0.416. The van der Waals surface area contributed by atoms with Crippen molar-refractivity contribution in [2.75, 3.05) is 0 Å².